The van der Waals surface area contributed by atoms with Gasteiger partial charge in [0.15, 0.2) is 17.1 Å². The Kier molecular flexibility index (Phi) is 2.46. The number of aromatic carboxylic acids is 1. The fraction of sp³-hybridized carbons (Fsp3) is 0.0714. The summed E-state index contributed by atoms with van der Waals surface area (Å²) < 4.78 is 12.0. The lowest BCUT2D eigenvalue weighted by Crippen LogP contribution is -2.02. The molecule has 0 bridgehead atoms. The first-order valence-electron chi connectivity index (χ1n) is 6.41. The Bertz CT molecular complexity index is 919. The van der Waals surface area contributed by atoms with Crippen molar-refractivity contribution < 1.29 is 19.4 Å². The average molecular weight is 298 g/mol. The lowest BCUT2D eigenvalue weighted by Gasteiger charge is -2.08. The minimum atomic E-state index is -1.06. The number of ether oxygens (including phenoxy) is 2. The standard InChI is InChI=1S/C14H10N4O4/c15-14-16-12-4-8(13(19)20)9(5-18(12)17-14)7-1-2-10-11(3-7)22-6-21-10/h1-5H,6H2,(H2,15,17)(H,19,20). The topological polar surface area (TPSA) is 112 Å². The number of fused-ring (bicyclic) bond motifs is 2. The van der Waals surface area contributed by atoms with E-state index in [0.29, 0.717) is 28.3 Å². The SMILES string of the molecule is Nc1nc2cc(C(=O)O)c(-c3ccc4c(c3)OCO4)cn2n1. The molecule has 1 aliphatic rings. The van der Waals surface area contributed by atoms with E-state index in [0.717, 1.165) is 0 Å². The van der Waals surface area contributed by atoms with Crippen molar-refractivity contribution in [2.45, 2.75) is 0 Å². The van der Waals surface area contributed by atoms with Crippen LogP contribution in [0.25, 0.3) is 16.8 Å². The Morgan fingerprint density at radius 2 is 2.09 bits per heavy atom. The predicted octanol–water partition coefficient (Wildman–Crippen LogP) is 1.41. The summed E-state index contributed by atoms with van der Waals surface area (Å²) in [6.45, 7) is 0.156. The van der Waals surface area contributed by atoms with Crippen LogP contribution in [0.15, 0.2) is 30.5 Å². The number of carbonyl (C=O) groups is 1. The fourth-order valence-electron chi connectivity index (χ4n) is 2.42. The summed E-state index contributed by atoms with van der Waals surface area (Å²) in [6, 6.07) is 6.67. The van der Waals surface area contributed by atoms with Crippen LogP contribution >= 0.6 is 0 Å². The number of rotatable bonds is 2. The highest BCUT2D eigenvalue weighted by molar-refractivity contribution is 5.97. The van der Waals surface area contributed by atoms with Crippen molar-refractivity contribution in [2.75, 3.05) is 12.5 Å². The molecule has 8 nitrogen and oxygen atoms in total. The van der Waals surface area contributed by atoms with Crippen LogP contribution in [0.1, 0.15) is 10.4 Å². The Hall–Kier alpha value is -3.29. The van der Waals surface area contributed by atoms with Crippen LogP contribution in [0.5, 0.6) is 11.5 Å². The molecule has 0 spiro atoms. The minimum Gasteiger partial charge on any atom is -0.478 e. The van der Waals surface area contributed by atoms with Crippen LogP contribution in [-0.2, 0) is 0 Å². The Morgan fingerprint density at radius 1 is 1.27 bits per heavy atom. The van der Waals surface area contributed by atoms with Gasteiger partial charge in [0.25, 0.3) is 0 Å². The molecule has 0 unspecified atom stereocenters. The summed E-state index contributed by atoms with van der Waals surface area (Å²) in [4.78, 5) is 15.5. The molecule has 3 N–H and O–H groups in total. The van der Waals surface area contributed by atoms with E-state index in [1.807, 2.05) is 0 Å². The summed E-state index contributed by atoms with van der Waals surface area (Å²) in [7, 11) is 0. The number of pyridine rings is 1. The lowest BCUT2D eigenvalue weighted by molar-refractivity contribution is 0.0697. The van der Waals surface area contributed by atoms with Gasteiger partial charge in [-0.2, -0.15) is 4.98 Å². The number of nitrogens with zero attached hydrogens (tertiary/aromatic N) is 3. The molecule has 110 valence electrons. The zero-order valence-electron chi connectivity index (χ0n) is 11.2. The quantitative estimate of drug-likeness (QED) is 0.735. The zero-order valence-corrected chi connectivity index (χ0v) is 11.2. The highest BCUT2D eigenvalue weighted by Gasteiger charge is 2.19. The highest BCUT2D eigenvalue weighted by atomic mass is 16.7. The van der Waals surface area contributed by atoms with E-state index in [4.69, 9.17) is 15.2 Å². The van der Waals surface area contributed by atoms with E-state index in [-0.39, 0.29) is 18.3 Å². The molecule has 1 aliphatic heterocycles. The van der Waals surface area contributed by atoms with Crippen LogP contribution in [0, 0.1) is 0 Å². The summed E-state index contributed by atoms with van der Waals surface area (Å²) in [5.74, 6) is 0.231. The van der Waals surface area contributed by atoms with Crippen molar-refractivity contribution in [3.8, 4) is 22.6 Å². The van der Waals surface area contributed by atoms with Gasteiger partial charge in [0.05, 0.1) is 5.56 Å². The molecule has 3 heterocycles. The number of hydrogen-bond donors (Lipinski definition) is 2. The molecule has 8 heteroatoms. The normalized spacial score (nSPS) is 12.7. The van der Waals surface area contributed by atoms with Crippen LogP contribution in [0.2, 0.25) is 0 Å². The Morgan fingerprint density at radius 3 is 2.91 bits per heavy atom. The number of benzene rings is 1. The third kappa shape index (κ3) is 1.81. The van der Waals surface area contributed by atoms with Gasteiger partial charge in [-0.1, -0.05) is 6.07 Å². The molecule has 0 saturated heterocycles. The zero-order chi connectivity index (χ0) is 15.3. The predicted molar refractivity (Wildman–Crippen MR) is 75.9 cm³/mol. The molecular weight excluding hydrogens is 288 g/mol. The average Bonchev–Trinajstić information content (AvgIpc) is 3.09. The largest absolute Gasteiger partial charge is 0.478 e. The first kappa shape index (κ1) is 12.5. The van der Waals surface area contributed by atoms with Gasteiger partial charge in [-0.15, -0.1) is 5.10 Å². The molecule has 0 fully saturated rings. The molecule has 0 amide bonds. The molecule has 4 rings (SSSR count). The van der Waals surface area contributed by atoms with E-state index in [1.165, 1.54) is 10.6 Å². The molecule has 0 radical (unpaired) electrons. The third-order valence-corrected chi connectivity index (χ3v) is 3.40. The minimum absolute atomic E-state index is 0.0826. The lowest BCUT2D eigenvalue weighted by atomic mass is 10.0. The first-order chi connectivity index (χ1) is 10.6. The number of carboxylic acids is 1. The van der Waals surface area contributed by atoms with Crippen LogP contribution < -0.4 is 15.2 Å². The number of aromatic nitrogens is 3. The van der Waals surface area contributed by atoms with Gasteiger partial charge >= 0.3 is 5.97 Å². The van der Waals surface area contributed by atoms with Crippen LogP contribution in [0.3, 0.4) is 0 Å². The van der Waals surface area contributed by atoms with Gasteiger partial charge in [0.2, 0.25) is 12.7 Å². The maximum Gasteiger partial charge on any atom is 0.336 e. The molecule has 1 aromatic carbocycles. The van der Waals surface area contributed by atoms with Crippen molar-refractivity contribution in [2.24, 2.45) is 0 Å². The number of hydrogen-bond acceptors (Lipinski definition) is 6. The van der Waals surface area contributed by atoms with E-state index in [2.05, 4.69) is 10.1 Å². The summed E-state index contributed by atoms with van der Waals surface area (Å²) in [5.41, 5.74) is 7.20. The van der Waals surface area contributed by atoms with E-state index in [9.17, 15) is 9.90 Å². The molecule has 3 aromatic rings. The maximum atomic E-state index is 11.5. The monoisotopic (exact) mass is 298 g/mol. The molecule has 0 saturated carbocycles. The van der Waals surface area contributed by atoms with Gasteiger partial charge < -0.3 is 20.3 Å². The van der Waals surface area contributed by atoms with E-state index < -0.39 is 5.97 Å². The van der Waals surface area contributed by atoms with Gasteiger partial charge in [-0.3, -0.25) is 0 Å². The molecule has 2 aromatic heterocycles. The van der Waals surface area contributed by atoms with Crippen LogP contribution in [-0.4, -0.2) is 32.5 Å². The molecule has 22 heavy (non-hydrogen) atoms. The van der Waals surface area contributed by atoms with E-state index in [1.54, 1.807) is 24.4 Å². The number of nitrogens with two attached hydrogens (primary N) is 1. The van der Waals surface area contributed by atoms with Crippen molar-refractivity contribution in [1.82, 2.24) is 14.6 Å². The van der Waals surface area contributed by atoms with Crippen molar-refractivity contribution >= 4 is 17.6 Å². The van der Waals surface area contributed by atoms with Crippen molar-refractivity contribution in [3.05, 3.63) is 36.0 Å². The van der Waals surface area contributed by atoms with Gasteiger partial charge in [-0.25, -0.2) is 9.31 Å². The van der Waals surface area contributed by atoms with Crippen LogP contribution in [0.4, 0.5) is 5.95 Å². The summed E-state index contributed by atoms with van der Waals surface area (Å²) in [5, 5.41) is 13.4. The molecule has 0 aliphatic carbocycles. The van der Waals surface area contributed by atoms with Crippen molar-refractivity contribution in [1.29, 1.82) is 0 Å². The smallest absolute Gasteiger partial charge is 0.336 e. The highest BCUT2D eigenvalue weighted by Crippen LogP contribution is 2.37. The van der Waals surface area contributed by atoms with Gasteiger partial charge in [-0.05, 0) is 23.8 Å². The second-order valence-corrected chi connectivity index (χ2v) is 4.75. The third-order valence-electron chi connectivity index (χ3n) is 3.40. The van der Waals surface area contributed by atoms with E-state index >= 15 is 0 Å². The summed E-state index contributed by atoms with van der Waals surface area (Å²) >= 11 is 0. The summed E-state index contributed by atoms with van der Waals surface area (Å²) in [6.07, 6.45) is 1.58. The first-order valence-corrected chi connectivity index (χ1v) is 6.41. The maximum absolute atomic E-state index is 11.5. The van der Waals surface area contributed by atoms with Gasteiger partial charge in [0.1, 0.15) is 0 Å². The number of anilines is 1. The second-order valence-electron chi connectivity index (χ2n) is 4.75. The number of nitrogen functional groups attached to an aromatic ring is 1. The fourth-order valence-corrected chi connectivity index (χ4v) is 2.42. The second kappa shape index (κ2) is 4.35. The Labute approximate surface area is 123 Å². The number of carboxylic acid groups (broad SMARTS) is 1. The molecular formula is C14H10N4O4. The molecule has 0 atom stereocenters. The van der Waals surface area contributed by atoms with Gasteiger partial charge in [0, 0.05) is 11.8 Å². The van der Waals surface area contributed by atoms with Crippen molar-refractivity contribution in [3.63, 3.8) is 0 Å². The Balaban J connectivity index is 1.96.